The van der Waals surface area contributed by atoms with Crippen molar-refractivity contribution in [2.45, 2.75) is 19.8 Å². The number of carbonyl (C=O) groups is 2. The van der Waals surface area contributed by atoms with Crippen LogP contribution in [-0.2, 0) is 6.42 Å². The van der Waals surface area contributed by atoms with E-state index in [9.17, 15) is 14.7 Å². The molecule has 7 heteroatoms. The van der Waals surface area contributed by atoms with E-state index in [1.807, 2.05) is 23.6 Å². The number of allylic oxidation sites excluding steroid dienone is 1. The number of aromatic carboxylic acids is 1. The van der Waals surface area contributed by atoms with Crippen LogP contribution in [0, 0.1) is 6.92 Å². The van der Waals surface area contributed by atoms with Gasteiger partial charge in [-0.05, 0) is 31.6 Å². The molecule has 1 aliphatic rings. The summed E-state index contributed by atoms with van der Waals surface area (Å²) >= 11 is 1.46. The predicted octanol–water partition coefficient (Wildman–Crippen LogP) is 4.02. The van der Waals surface area contributed by atoms with Gasteiger partial charge in [0.05, 0.1) is 17.0 Å². The van der Waals surface area contributed by atoms with Crippen LogP contribution in [0.2, 0.25) is 0 Å². The molecule has 0 radical (unpaired) electrons. The van der Waals surface area contributed by atoms with E-state index in [1.165, 1.54) is 11.3 Å². The van der Waals surface area contributed by atoms with E-state index in [1.54, 1.807) is 19.2 Å². The highest BCUT2D eigenvalue weighted by atomic mass is 32.1. The summed E-state index contributed by atoms with van der Waals surface area (Å²) in [6, 6.07) is 5.63. The SMILES string of the molecule is Cc1c(C(=O)O)oc2c1C(=O)/C(=C/c1csc(-c3ccccn3)n1)CC2. The lowest BCUT2D eigenvalue weighted by atomic mass is 9.89. The molecular weight excluding hydrogens is 352 g/mol. The minimum Gasteiger partial charge on any atom is -0.475 e. The Morgan fingerprint density at radius 1 is 1.35 bits per heavy atom. The largest absolute Gasteiger partial charge is 0.475 e. The minimum atomic E-state index is -1.16. The molecule has 0 spiro atoms. The monoisotopic (exact) mass is 366 g/mol. The number of nitrogens with zero attached hydrogens (tertiary/aromatic N) is 2. The van der Waals surface area contributed by atoms with Crippen LogP contribution in [0.15, 0.2) is 39.8 Å². The second-order valence-electron chi connectivity index (χ2n) is 5.95. The number of Topliss-reactive ketones (excluding diaryl/α,β-unsaturated/α-hetero) is 1. The summed E-state index contributed by atoms with van der Waals surface area (Å²) in [5.41, 5.74) is 2.85. The number of carboxylic acid groups (broad SMARTS) is 1. The van der Waals surface area contributed by atoms with Crippen LogP contribution >= 0.6 is 11.3 Å². The Bertz CT molecular complexity index is 1050. The number of fused-ring (bicyclic) bond motifs is 1. The normalized spacial score (nSPS) is 15.3. The Hall–Kier alpha value is -3.06. The number of hydrogen-bond acceptors (Lipinski definition) is 6. The van der Waals surface area contributed by atoms with Crippen LogP contribution in [0.1, 0.15) is 44.4 Å². The summed E-state index contributed by atoms with van der Waals surface area (Å²) < 4.78 is 5.36. The molecule has 3 aromatic rings. The number of carboxylic acids is 1. The number of thiazole rings is 1. The second-order valence-corrected chi connectivity index (χ2v) is 6.81. The molecule has 4 rings (SSSR count). The van der Waals surface area contributed by atoms with Crippen LogP contribution in [0.4, 0.5) is 0 Å². The summed E-state index contributed by atoms with van der Waals surface area (Å²) in [5, 5.41) is 11.8. The number of furan rings is 1. The van der Waals surface area contributed by atoms with E-state index in [2.05, 4.69) is 9.97 Å². The Labute approximate surface area is 152 Å². The van der Waals surface area contributed by atoms with Crippen molar-refractivity contribution in [2.75, 3.05) is 0 Å². The molecule has 3 heterocycles. The van der Waals surface area contributed by atoms with Crippen molar-refractivity contribution in [1.82, 2.24) is 9.97 Å². The van der Waals surface area contributed by atoms with E-state index in [4.69, 9.17) is 4.42 Å². The quantitative estimate of drug-likeness (QED) is 0.704. The van der Waals surface area contributed by atoms with E-state index < -0.39 is 5.97 Å². The van der Waals surface area contributed by atoms with Gasteiger partial charge in [-0.15, -0.1) is 11.3 Å². The molecule has 0 aliphatic heterocycles. The number of carbonyl (C=O) groups excluding carboxylic acids is 1. The average molecular weight is 366 g/mol. The van der Waals surface area contributed by atoms with Crippen LogP contribution in [0.3, 0.4) is 0 Å². The van der Waals surface area contributed by atoms with Crippen molar-refractivity contribution >= 4 is 29.2 Å². The van der Waals surface area contributed by atoms with E-state index in [0.717, 1.165) is 10.7 Å². The molecule has 26 heavy (non-hydrogen) atoms. The first kappa shape index (κ1) is 16.4. The maximum atomic E-state index is 12.8. The van der Waals surface area contributed by atoms with E-state index >= 15 is 0 Å². The standard InChI is InChI=1S/C19H14N2O4S/c1-10-15-14(25-17(10)19(23)24)6-5-11(16(15)22)8-12-9-26-18(21-12)13-4-2-3-7-20-13/h2-4,7-9H,5-6H2,1H3,(H,23,24)/b11-8+. The summed E-state index contributed by atoms with van der Waals surface area (Å²) in [7, 11) is 0. The summed E-state index contributed by atoms with van der Waals surface area (Å²) in [4.78, 5) is 32.8. The second kappa shape index (κ2) is 6.34. The number of rotatable bonds is 3. The molecule has 0 saturated carbocycles. The maximum Gasteiger partial charge on any atom is 0.372 e. The van der Waals surface area contributed by atoms with Crippen LogP contribution in [0.5, 0.6) is 0 Å². The average Bonchev–Trinajstić information content (AvgIpc) is 3.23. The molecule has 6 nitrogen and oxygen atoms in total. The zero-order valence-electron chi connectivity index (χ0n) is 13.9. The van der Waals surface area contributed by atoms with E-state index in [-0.39, 0.29) is 11.5 Å². The number of aromatic nitrogens is 2. The van der Waals surface area contributed by atoms with Crippen molar-refractivity contribution in [2.24, 2.45) is 0 Å². The van der Waals surface area contributed by atoms with E-state index in [0.29, 0.717) is 41.0 Å². The molecular formula is C19H14N2O4S. The lowest BCUT2D eigenvalue weighted by Gasteiger charge is -2.12. The van der Waals surface area contributed by atoms with Crippen molar-refractivity contribution in [3.8, 4) is 10.7 Å². The summed E-state index contributed by atoms with van der Waals surface area (Å²) in [5.74, 6) is -1.05. The molecule has 0 bridgehead atoms. The zero-order chi connectivity index (χ0) is 18.3. The fourth-order valence-corrected chi connectivity index (χ4v) is 3.80. The third kappa shape index (κ3) is 2.76. The van der Waals surface area contributed by atoms with Gasteiger partial charge < -0.3 is 9.52 Å². The molecule has 0 fully saturated rings. The molecule has 0 saturated heterocycles. The van der Waals surface area contributed by atoms with Gasteiger partial charge in [0.15, 0.2) is 5.78 Å². The molecule has 0 atom stereocenters. The first-order valence-electron chi connectivity index (χ1n) is 8.02. The highest BCUT2D eigenvalue weighted by molar-refractivity contribution is 7.13. The molecule has 0 amide bonds. The number of hydrogen-bond donors (Lipinski definition) is 1. The fraction of sp³-hybridized carbons (Fsp3) is 0.158. The first-order chi connectivity index (χ1) is 12.5. The van der Waals surface area contributed by atoms with Crippen molar-refractivity contribution in [3.63, 3.8) is 0 Å². The van der Waals surface area contributed by atoms with Gasteiger partial charge in [-0.3, -0.25) is 9.78 Å². The Morgan fingerprint density at radius 2 is 2.19 bits per heavy atom. The highest BCUT2D eigenvalue weighted by Crippen LogP contribution is 2.33. The first-order valence-corrected chi connectivity index (χ1v) is 8.90. The summed E-state index contributed by atoms with van der Waals surface area (Å²) in [6.45, 7) is 1.61. The Balaban J connectivity index is 1.67. The maximum absolute atomic E-state index is 12.8. The van der Waals surface area contributed by atoms with Gasteiger partial charge in [0.25, 0.3) is 0 Å². The third-order valence-electron chi connectivity index (χ3n) is 4.28. The predicted molar refractivity (Wildman–Crippen MR) is 96.4 cm³/mol. The van der Waals surface area contributed by atoms with Crippen molar-refractivity contribution in [1.29, 1.82) is 0 Å². The van der Waals surface area contributed by atoms with Gasteiger partial charge in [-0.2, -0.15) is 0 Å². The van der Waals surface area contributed by atoms with Gasteiger partial charge in [0, 0.05) is 29.1 Å². The van der Waals surface area contributed by atoms with Gasteiger partial charge in [0.2, 0.25) is 5.76 Å². The number of pyridine rings is 1. The fourth-order valence-electron chi connectivity index (χ4n) is 3.05. The van der Waals surface area contributed by atoms with Gasteiger partial charge in [-0.25, -0.2) is 9.78 Å². The zero-order valence-corrected chi connectivity index (χ0v) is 14.7. The Kier molecular flexibility index (Phi) is 4.00. The molecule has 130 valence electrons. The van der Waals surface area contributed by atoms with Crippen molar-refractivity contribution in [3.05, 3.63) is 63.7 Å². The highest BCUT2D eigenvalue weighted by Gasteiger charge is 2.31. The molecule has 0 unspecified atom stereocenters. The molecule has 1 aliphatic carbocycles. The van der Waals surface area contributed by atoms with Crippen LogP contribution < -0.4 is 0 Å². The van der Waals surface area contributed by atoms with Crippen molar-refractivity contribution < 1.29 is 19.1 Å². The number of ketones is 1. The molecule has 1 N–H and O–H groups in total. The lowest BCUT2D eigenvalue weighted by molar-refractivity contribution is 0.0659. The van der Waals surface area contributed by atoms with Crippen LogP contribution in [0.25, 0.3) is 16.8 Å². The topological polar surface area (TPSA) is 93.3 Å². The summed E-state index contributed by atoms with van der Waals surface area (Å²) in [6.07, 6.45) is 4.47. The smallest absolute Gasteiger partial charge is 0.372 e. The van der Waals surface area contributed by atoms with Gasteiger partial charge >= 0.3 is 5.97 Å². The third-order valence-corrected chi connectivity index (χ3v) is 5.17. The van der Waals surface area contributed by atoms with Gasteiger partial charge in [-0.1, -0.05) is 6.07 Å². The Morgan fingerprint density at radius 3 is 2.92 bits per heavy atom. The molecule has 3 aromatic heterocycles. The number of aryl methyl sites for hydroxylation is 1. The lowest BCUT2D eigenvalue weighted by Crippen LogP contribution is -2.13. The minimum absolute atomic E-state index is 0.157. The molecule has 0 aromatic carbocycles. The van der Waals surface area contributed by atoms with Gasteiger partial charge in [0.1, 0.15) is 10.8 Å². The van der Waals surface area contributed by atoms with Crippen LogP contribution in [-0.4, -0.2) is 26.8 Å².